The van der Waals surface area contributed by atoms with Crippen LogP contribution in [0.3, 0.4) is 0 Å². The maximum atomic E-state index is 13.1. The Kier molecular flexibility index (Phi) is 5.69. The number of hydrogen-bond acceptors (Lipinski definition) is 2. The summed E-state index contributed by atoms with van der Waals surface area (Å²) in [7, 11) is 0. The van der Waals surface area contributed by atoms with Gasteiger partial charge in [-0.25, -0.2) is 8.78 Å². The van der Waals surface area contributed by atoms with Crippen LogP contribution in [0.5, 0.6) is 0 Å². The highest BCUT2D eigenvalue weighted by molar-refractivity contribution is 5.92. The molecule has 0 aliphatic heterocycles. The van der Waals surface area contributed by atoms with Gasteiger partial charge in [-0.3, -0.25) is 9.59 Å². The van der Waals surface area contributed by atoms with Crippen LogP contribution < -0.4 is 10.6 Å². The minimum absolute atomic E-state index is 0.0412. The number of benzene rings is 1. The molecule has 0 spiro atoms. The number of halogens is 2. The van der Waals surface area contributed by atoms with Crippen molar-refractivity contribution in [2.75, 3.05) is 5.32 Å². The second-order valence-electron chi connectivity index (χ2n) is 6.33. The summed E-state index contributed by atoms with van der Waals surface area (Å²) in [5.41, 5.74) is 0.244. The topological polar surface area (TPSA) is 58.2 Å². The molecule has 0 atom stereocenters. The first kappa shape index (κ1) is 17.4. The Morgan fingerprint density at radius 2 is 1.57 bits per heavy atom. The smallest absolute Gasteiger partial charge is 0.227 e. The third-order valence-corrected chi connectivity index (χ3v) is 4.09. The fourth-order valence-corrected chi connectivity index (χ4v) is 2.84. The predicted octanol–water partition coefficient (Wildman–Crippen LogP) is 3.23. The van der Waals surface area contributed by atoms with Gasteiger partial charge in [0.05, 0.1) is 0 Å². The highest BCUT2D eigenvalue weighted by Gasteiger charge is 2.30. The molecule has 4 nitrogen and oxygen atoms in total. The van der Waals surface area contributed by atoms with E-state index >= 15 is 0 Å². The molecular formula is C17H22F2N2O2. The molecule has 0 heterocycles. The molecule has 0 saturated heterocycles. The van der Waals surface area contributed by atoms with E-state index in [1.54, 1.807) is 0 Å². The zero-order chi connectivity index (χ0) is 17.0. The van der Waals surface area contributed by atoms with E-state index in [-0.39, 0.29) is 35.4 Å². The average molecular weight is 324 g/mol. The summed E-state index contributed by atoms with van der Waals surface area (Å²) < 4.78 is 26.0. The van der Waals surface area contributed by atoms with E-state index in [9.17, 15) is 18.4 Å². The van der Waals surface area contributed by atoms with Gasteiger partial charge in [-0.2, -0.15) is 0 Å². The van der Waals surface area contributed by atoms with E-state index in [0.29, 0.717) is 25.7 Å². The lowest BCUT2D eigenvalue weighted by atomic mass is 9.81. The molecule has 23 heavy (non-hydrogen) atoms. The third-order valence-electron chi connectivity index (χ3n) is 4.09. The van der Waals surface area contributed by atoms with Gasteiger partial charge in [0.15, 0.2) is 11.6 Å². The molecule has 2 amide bonds. The fourth-order valence-electron chi connectivity index (χ4n) is 2.84. The Hall–Kier alpha value is -1.98. The minimum atomic E-state index is -0.989. The van der Waals surface area contributed by atoms with Crippen LogP contribution in [0, 0.1) is 23.5 Å². The van der Waals surface area contributed by atoms with Crippen molar-refractivity contribution in [1.29, 1.82) is 0 Å². The number of hydrogen-bond donors (Lipinski definition) is 2. The molecule has 126 valence electrons. The Morgan fingerprint density at radius 1 is 1.00 bits per heavy atom. The number of nitrogens with one attached hydrogen (secondary N) is 2. The van der Waals surface area contributed by atoms with Crippen LogP contribution in [0.2, 0.25) is 0 Å². The van der Waals surface area contributed by atoms with Crippen LogP contribution in [0.4, 0.5) is 14.5 Å². The molecule has 0 bridgehead atoms. The van der Waals surface area contributed by atoms with Crippen molar-refractivity contribution in [2.24, 2.45) is 11.8 Å². The molecule has 1 fully saturated rings. The predicted molar refractivity (Wildman–Crippen MR) is 83.7 cm³/mol. The van der Waals surface area contributed by atoms with Crippen molar-refractivity contribution in [2.45, 2.75) is 45.6 Å². The van der Waals surface area contributed by atoms with Crippen LogP contribution in [-0.4, -0.2) is 17.9 Å². The van der Waals surface area contributed by atoms with Crippen molar-refractivity contribution < 1.29 is 18.4 Å². The largest absolute Gasteiger partial charge is 0.354 e. The fraction of sp³-hybridized carbons (Fsp3) is 0.529. The summed E-state index contributed by atoms with van der Waals surface area (Å²) in [6, 6.07) is 3.39. The van der Waals surface area contributed by atoms with Crippen LogP contribution in [0.15, 0.2) is 18.2 Å². The van der Waals surface area contributed by atoms with Crippen LogP contribution in [-0.2, 0) is 9.59 Å². The van der Waals surface area contributed by atoms with Crippen LogP contribution in [0.1, 0.15) is 39.5 Å². The van der Waals surface area contributed by atoms with Gasteiger partial charge in [0.2, 0.25) is 11.8 Å². The third kappa shape index (κ3) is 4.74. The lowest BCUT2D eigenvalue weighted by molar-refractivity contribution is -0.128. The Balaban J connectivity index is 1.86. The van der Waals surface area contributed by atoms with Gasteiger partial charge < -0.3 is 10.6 Å². The van der Waals surface area contributed by atoms with Gasteiger partial charge in [-0.1, -0.05) is 0 Å². The van der Waals surface area contributed by atoms with Crippen molar-refractivity contribution in [1.82, 2.24) is 5.32 Å². The van der Waals surface area contributed by atoms with Crippen LogP contribution in [0.25, 0.3) is 0 Å². The second kappa shape index (κ2) is 7.53. The maximum absolute atomic E-state index is 13.1. The minimum Gasteiger partial charge on any atom is -0.354 e. The van der Waals surface area contributed by atoms with Crippen molar-refractivity contribution in [3.8, 4) is 0 Å². The average Bonchev–Trinajstić information content (AvgIpc) is 2.50. The Bertz CT molecular complexity index is 582. The van der Waals surface area contributed by atoms with Gasteiger partial charge in [-0.15, -0.1) is 0 Å². The normalized spacial score (nSPS) is 21.1. The summed E-state index contributed by atoms with van der Waals surface area (Å²) in [6.45, 7) is 3.83. The SMILES string of the molecule is CC(C)NC(=O)C1CCC(C(=O)Nc2ccc(F)c(F)c2)CC1. The number of rotatable bonds is 4. The van der Waals surface area contributed by atoms with E-state index < -0.39 is 11.6 Å². The summed E-state index contributed by atoms with van der Waals surface area (Å²) >= 11 is 0. The Morgan fingerprint density at radius 3 is 2.09 bits per heavy atom. The number of carbonyl (C=O) groups is 2. The monoisotopic (exact) mass is 324 g/mol. The van der Waals surface area contributed by atoms with Gasteiger partial charge in [0.1, 0.15) is 0 Å². The molecule has 1 aliphatic carbocycles. The molecule has 2 rings (SSSR count). The van der Waals surface area contributed by atoms with Gasteiger partial charge in [0.25, 0.3) is 0 Å². The first-order valence-corrected chi connectivity index (χ1v) is 7.93. The summed E-state index contributed by atoms with van der Waals surface area (Å²) in [4.78, 5) is 24.1. The molecular weight excluding hydrogens is 302 g/mol. The standard InChI is InChI=1S/C17H22F2N2O2/c1-10(2)20-16(22)11-3-5-12(6-4-11)17(23)21-13-7-8-14(18)15(19)9-13/h7-12H,3-6H2,1-2H3,(H,20,22)(H,21,23). The number of amides is 2. The van der Waals surface area contributed by atoms with Crippen molar-refractivity contribution in [3.63, 3.8) is 0 Å². The highest BCUT2D eigenvalue weighted by Crippen LogP contribution is 2.30. The zero-order valence-electron chi connectivity index (χ0n) is 13.4. The molecule has 1 saturated carbocycles. The van der Waals surface area contributed by atoms with Gasteiger partial charge >= 0.3 is 0 Å². The highest BCUT2D eigenvalue weighted by atomic mass is 19.2. The number of carbonyl (C=O) groups excluding carboxylic acids is 2. The van der Waals surface area contributed by atoms with E-state index in [4.69, 9.17) is 0 Å². The molecule has 0 radical (unpaired) electrons. The summed E-state index contributed by atoms with van der Waals surface area (Å²) in [5, 5.41) is 5.50. The van der Waals surface area contributed by atoms with Gasteiger partial charge in [-0.05, 0) is 51.7 Å². The Labute approximate surface area is 134 Å². The van der Waals surface area contributed by atoms with E-state index in [2.05, 4.69) is 10.6 Å². The molecule has 2 N–H and O–H groups in total. The number of anilines is 1. The van der Waals surface area contributed by atoms with E-state index in [1.807, 2.05) is 13.8 Å². The molecule has 1 aromatic carbocycles. The first-order chi connectivity index (χ1) is 10.9. The van der Waals surface area contributed by atoms with Gasteiger partial charge in [0, 0.05) is 29.6 Å². The summed E-state index contributed by atoms with van der Waals surface area (Å²) in [5.74, 6) is -2.36. The van der Waals surface area contributed by atoms with Crippen LogP contribution >= 0.6 is 0 Å². The molecule has 0 aromatic heterocycles. The lowest BCUT2D eigenvalue weighted by Gasteiger charge is -2.27. The van der Waals surface area contributed by atoms with Crippen molar-refractivity contribution >= 4 is 17.5 Å². The first-order valence-electron chi connectivity index (χ1n) is 7.93. The molecule has 6 heteroatoms. The van der Waals surface area contributed by atoms with Crippen molar-refractivity contribution in [3.05, 3.63) is 29.8 Å². The summed E-state index contributed by atoms with van der Waals surface area (Å²) in [6.07, 6.45) is 2.56. The second-order valence-corrected chi connectivity index (χ2v) is 6.33. The maximum Gasteiger partial charge on any atom is 0.227 e. The zero-order valence-corrected chi connectivity index (χ0v) is 13.4. The van der Waals surface area contributed by atoms with E-state index in [1.165, 1.54) is 6.07 Å². The van der Waals surface area contributed by atoms with E-state index in [0.717, 1.165) is 12.1 Å². The molecule has 1 aliphatic rings. The molecule has 1 aromatic rings. The molecule has 0 unspecified atom stereocenters. The quantitative estimate of drug-likeness (QED) is 0.893. The lowest BCUT2D eigenvalue weighted by Crippen LogP contribution is -2.38.